The van der Waals surface area contributed by atoms with Gasteiger partial charge in [0.2, 0.25) is 0 Å². The fraction of sp³-hybridized carbons (Fsp3) is 0.647. The minimum absolute atomic E-state index is 0.0897. The Labute approximate surface area is 122 Å². The summed E-state index contributed by atoms with van der Waals surface area (Å²) in [5.41, 5.74) is 1.80. The Kier molecular flexibility index (Phi) is 5.55. The van der Waals surface area contributed by atoms with Crippen molar-refractivity contribution in [2.75, 3.05) is 19.6 Å². The van der Waals surface area contributed by atoms with E-state index in [4.69, 9.17) is 0 Å². The highest BCUT2D eigenvalue weighted by molar-refractivity contribution is 5.23. The van der Waals surface area contributed by atoms with E-state index in [1.54, 1.807) is 6.07 Å². The number of rotatable bonds is 5. The highest BCUT2D eigenvalue weighted by atomic mass is 19.1. The molecule has 0 spiro atoms. The van der Waals surface area contributed by atoms with Gasteiger partial charge in [-0.1, -0.05) is 12.1 Å². The van der Waals surface area contributed by atoms with Crippen LogP contribution in [0.2, 0.25) is 0 Å². The van der Waals surface area contributed by atoms with E-state index in [-0.39, 0.29) is 5.82 Å². The van der Waals surface area contributed by atoms with Gasteiger partial charge in [0, 0.05) is 19.1 Å². The van der Waals surface area contributed by atoms with Crippen molar-refractivity contribution in [3.63, 3.8) is 0 Å². The van der Waals surface area contributed by atoms with Crippen molar-refractivity contribution in [3.05, 3.63) is 35.1 Å². The molecule has 0 aliphatic carbocycles. The molecular formula is C17H27FN2. The first kappa shape index (κ1) is 15.5. The molecule has 2 rings (SSSR count). The van der Waals surface area contributed by atoms with Gasteiger partial charge in [-0.3, -0.25) is 4.90 Å². The van der Waals surface area contributed by atoms with Gasteiger partial charge < -0.3 is 5.32 Å². The number of nitrogens with zero attached hydrogens (tertiary/aromatic N) is 1. The summed E-state index contributed by atoms with van der Waals surface area (Å²) in [6.45, 7) is 10.5. The Morgan fingerprint density at radius 3 is 2.60 bits per heavy atom. The van der Waals surface area contributed by atoms with Gasteiger partial charge in [-0.2, -0.15) is 0 Å². The van der Waals surface area contributed by atoms with E-state index >= 15 is 0 Å². The van der Waals surface area contributed by atoms with Crippen LogP contribution in [0.1, 0.15) is 37.8 Å². The van der Waals surface area contributed by atoms with Crippen molar-refractivity contribution >= 4 is 0 Å². The van der Waals surface area contributed by atoms with Gasteiger partial charge in [0.1, 0.15) is 5.82 Å². The molecule has 0 saturated carbocycles. The van der Waals surface area contributed by atoms with Crippen LogP contribution in [0.5, 0.6) is 0 Å². The lowest BCUT2D eigenvalue weighted by Gasteiger charge is -2.32. The molecule has 0 amide bonds. The van der Waals surface area contributed by atoms with Crippen molar-refractivity contribution in [1.82, 2.24) is 10.2 Å². The normalized spacial score (nSPS) is 17.1. The van der Waals surface area contributed by atoms with E-state index in [2.05, 4.69) is 30.1 Å². The van der Waals surface area contributed by atoms with E-state index in [9.17, 15) is 4.39 Å². The second-order valence-electron chi connectivity index (χ2n) is 6.30. The Morgan fingerprint density at radius 2 is 2.00 bits per heavy atom. The van der Waals surface area contributed by atoms with Crippen LogP contribution < -0.4 is 5.32 Å². The second kappa shape index (κ2) is 7.19. The fourth-order valence-electron chi connectivity index (χ4n) is 2.82. The van der Waals surface area contributed by atoms with Gasteiger partial charge in [-0.25, -0.2) is 4.39 Å². The molecule has 1 fully saturated rings. The standard InChI is InChI=1S/C17H27FN2/c1-13(2)20(11-15-6-8-19-9-7-15)12-16-5-4-14(3)17(18)10-16/h4-5,10,13,15,19H,6-9,11-12H2,1-3H3. The van der Waals surface area contributed by atoms with Gasteiger partial charge >= 0.3 is 0 Å². The van der Waals surface area contributed by atoms with Crippen LogP contribution in [0.25, 0.3) is 0 Å². The summed E-state index contributed by atoms with van der Waals surface area (Å²) in [6.07, 6.45) is 2.51. The van der Waals surface area contributed by atoms with E-state index in [1.807, 2.05) is 13.0 Å². The molecule has 1 aromatic rings. The maximum Gasteiger partial charge on any atom is 0.126 e. The summed E-state index contributed by atoms with van der Waals surface area (Å²) in [7, 11) is 0. The average Bonchev–Trinajstić information content (AvgIpc) is 2.43. The van der Waals surface area contributed by atoms with Crippen LogP contribution in [-0.4, -0.2) is 30.6 Å². The second-order valence-corrected chi connectivity index (χ2v) is 6.30. The average molecular weight is 278 g/mol. The fourth-order valence-corrected chi connectivity index (χ4v) is 2.82. The Hall–Kier alpha value is -0.930. The first-order valence-electron chi connectivity index (χ1n) is 7.76. The monoisotopic (exact) mass is 278 g/mol. The summed E-state index contributed by atoms with van der Waals surface area (Å²) >= 11 is 0. The number of halogens is 1. The zero-order valence-electron chi connectivity index (χ0n) is 13.0. The first-order chi connectivity index (χ1) is 9.56. The summed E-state index contributed by atoms with van der Waals surface area (Å²) < 4.78 is 13.7. The molecular weight excluding hydrogens is 251 g/mol. The minimum Gasteiger partial charge on any atom is -0.317 e. The van der Waals surface area contributed by atoms with E-state index in [0.717, 1.165) is 43.2 Å². The predicted molar refractivity (Wildman–Crippen MR) is 82.3 cm³/mol. The number of benzene rings is 1. The van der Waals surface area contributed by atoms with Crippen molar-refractivity contribution in [3.8, 4) is 0 Å². The van der Waals surface area contributed by atoms with Gasteiger partial charge in [-0.15, -0.1) is 0 Å². The number of nitrogens with one attached hydrogen (secondary N) is 1. The van der Waals surface area contributed by atoms with Crippen LogP contribution >= 0.6 is 0 Å². The largest absolute Gasteiger partial charge is 0.317 e. The van der Waals surface area contributed by atoms with Crippen LogP contribution in [0, 0.1) is 18.7 Å². The molecule has 0 unspecified atom stereocenters. The van der Waals surface area contributed by atoms with E-state index in [1.165, 1.54) is 12.8 Å². The number of hydrogen-bond acceptors (Lipinski definition) is 2. The molecule has 0 aromatic heterocycles. The molecule has 0 radical (unpaired) electrons. The van der Waals surface area contributed by atoms with E-state index in [0.29, 0.717) is 6.04 Å². The molecule has 1 aliphatic heterocycles. The zero-order valence-corrected chi connectivity index (χ0v) is 13.0. The van der Waals surface area contributed by atoms with Crippen molar-refractivity contribution in [1.29, 1.82) is 0 Å². The third-order valence-corrected chi connectivity index (χ3v) is 4.30. The Balaban J connectivity index is 1.99. The van der Waals surface area contributed by atoms with Crippen LogP contribution in [0.3, 0.4) is 0 Å². The zero-order chi connectivity index (χ0) is 14.5. The summed E-state index contributed by atoms with van der Waals surface area (Å²) in [5.74, 6) is 0.682. The van der Waals surface area contributed by atoms with Crippen LogP contribution in [-0.2, 0) is 6.54 Å². The molecule has 2 nitrogen and oxygen atoms in total. The third-order valence-electron chi connectivity index (χ3n) is 4.30. The quantitative estimate of drug-likeness (QED) is 0.888. The number of hydrogen-bond donors (Lipinski definition) is 1. The number of piperidine rings is 1. The van der Waals surface area contributed by atoms with Crippen LogP contribution in [0.15, 0.2) is 18.2 Å². The topological polar surface area (TPSA) is 15.3 Å². The number of aryl methyl sites for hydroxylation is 1. The van der Waals surface area contributed by atoms with E-state index < -0.39 is 0 Å². The summed E-state index contributed by atoms with van der Waals surface area (Å²) in [5, 5.41) is 3.41. The molecule has 1 saturated heterocycles. The smallest absolute Gasteiger partial charge is 0.126 e. The highest BCUT2D eigenvalue weighted by Crippen LogP contribution is 2.18. The summed E-state index contributed by atoms with van der Waals surface area (Å²) in [6, 6.07) is 6.12. The maximum atomic E-state index is 13.7. The molecule has 3 heteroatoms. The van der Waals surface area contributed by atoms with Crippen molar-refractivity contribution < 1.29 is 4.39 Å². The highest BCUT2D eigenvalue weighted by Gasteiger charge is 2.19. The molecule has 20 heavy (non-hydrogen) atoms. The van der Waals surface area contributed by atoms with Crippen molar-refractivity contribution in [2.24, 2.45) is 5.92 Å². The molecule has 0 bridgehead atoms. The molecule has 1 heterocycles. The molecule has 1 aromatic carbocycles. The maximum absolute atomic E-state index is 13.7. The SMILES string of the molecule is Cc1ccc(CN(CC2CCNCC2)C(C)C)cc1F. The van der Waals surface area contributed by atoms with Gasteiger partial charge in [0.05, 0.1) is 0 Å². The van der Waals surface area contributed by atoms with Gasteiger partial charge in [0.15, 0.2) is 0 Å². The van der Waals surface area contributed by atoms with Crippen LogP contribution in [0.4, 0.5) is 4.39 Å². The Morgan fingerprint density at radius 1 is 1.30 bits per heavy atom. The van der Waals surface area contributed by atoms with Gasteiger partial charge in [-0.05, 0) is 69.8 Å². The Bertz CT molecular complexity index is 425. The lowest BCUT2D eigenvalue weighted by atomic mass is 9.96. The first-order valence-corrected chi connectivity index (χ1v) is 7.76. The lowest BCUT2D eigenvalue weighted by molar-refractivity contribution is 0.161. The minimum atomic E-state index is -0.0897. The predicted octanol–water partition coefficient (Wildman–Crippen LogP) is 3.34. The lowest BCUT2D eigenvalue weighted by Crippen LogP contribution is -2.39. The molecule has 0 atom stereocenters. The summed E-state index contributed by atoms with van der Waals surface area (Å²) in [4.78, 5) is 2.47. The molecule has 1 N–H and O–H groups in total. The van der Waals surface area contributed by atoms with Gasteiger partial charge in [0.25, 0.3) is 0 Å². The molecule has 1 aliphatic rings. The molecule has 112 valence electrons. The van der Waals surface area contributed by atoms with Crippen molar-refractivity contribution in [2.45, 2.75) is 46.2 Å². The third kappa shape index (κ3) is 4.29.